The van der Waals surface area contributed by atoms with E-state index in [4.69, 9.17) is 21.1 Å². The van der Waals surface area contributed by atoms with Gasteiger partial charge in [0.1, 0.15) is 0 Å². The molecule has 0 bridgehead atoms. The van der Waals surface area contributed by atoms with Gasteiger partial charge in [-0.3, -0.25) is 4.99 Å². The van der Waals surface area contributed by atoms with Crippen LogP contribution in [0.5, 0.6) is 11.5 Å². The fourth-order valence-corrected chi connectivity index (χ4v) is 2.29. The number of benzene rings is 2. The van der Waals surface area contributed by atoms with Crippen molar-refractivity contribution in [2.24, 2.45) is 4.99 Å². The molecule has 4 heteroatoms. The van der Waals surface area contributed by atoms with Gasteiger partial charge in [-0.05, 0) is 48.7 Å². The molecule has 3 nitrogen and oxygen atoms in total. The number of hydrogen-bond acceptors (Lipinski definition) is 3. The number of rotatable bonds is 6. The van der Waals surface area contributed by atoms with Gasteiger partial charge in [0, 0.05) is 11.2 Å². The predicted molar refractivity (Wildman–Crippen MR) is 91.8 cm³/mol. The van der Waals surface area contributed by atoms with E-state index < -0.39 is 0 Å². The molecule has 0 aliphatic rings. The van der Waals surface area contributed by atoms with E-state index in [2.05, 4.69) is 11.9 Å². The van der Waals surface area contributed by atoms with E-state index in [1.54, 1.807) is 14.2 Å². The van der Waals surface area contributed by atoms with Crippen molar-refractivity contribution in [2.75, 3.05) is 14.2 Å². The summed E-state index contributed by atoms with van der Waals surface area (Å²) in [6.45, 7) is 2.09. The van der Waals surface area contributed by atoms with Crippen LogP contribution in [0.4, 0.5) is 0 Å². The molecule has 0 aromatic heterocycles. The number of halogens is 1. The van der Waals surface area contributed by atoms with Crippen LogP contribution >= 0.6 is 11.6 Å². The Morgan fingerprint density at radius 1 is 1.05 bits per heavy atom. The minimum atomic E-state index is 0.175. The van der Waals surface area contributed by atoms with Gasteiger partial charge < -0.3 is 9.47 Å². The van der Waals surface area contributed by atoms with Gasteiger partial charge in [-0.2, -0.15) is 0 Å². The smallest absolute Gasteiger partial charge is 0.160 e. The Morgan fingerprint density at radius 3 is 2.36 bits per heavy atom. The molecule has 0 aliphatic heterocycles. The fraction of sp³-hybridized carbons (Fsp3) is 0.278. The molecule has 0 fully saturated rings. The van der Waals surface area contributed by atoms with Crippen LogP contribution in [0.3, 0.4) is 0 Å². The quantitative estimate of drug-likeness (QED) is 0.739. The number of ether oxygens (including phenoxy) is 2. The molecule has 0 unspecified atom stereocenters. The lowest BCUT2D eigenvalue weighted by atomic mass is 10.1. The number of nitrogens with zero attached hydrogens (tertiary/aromatic N) is 1. The maximum atomic E-state index is 5.87. The maximum absolute atomic E-state index is 5.87. The van der Waals surface area contributed by atoms with Crippen LogP contribution in [0, 0.1) is 0 Å². The third-order valence-electron chi connectivity index (χ3n) is 3.33. The van der Waals surface area contributed by atoms with Crippen molar-refractivity contribution in [1.82, 2.24) is 0 Å². The minimum absolute atomic E-state index is 0.175. The molecule has 0 spiro atoms. The third-order valence-corrected chi connectivity index (χ3v) is 3.58. The second kappa shape index (κ2) is 7.85. The van der Waals surface area contributed by atoms with Gasteiger partial charge in [0.2, 0.25) is 0 Å². The zero-order valence-corrected chi connectivity index (χ0v) is 13.8. The van der Waals surface area contributed by atoms with Crippen LogP contribution in [-0.2, 0) is 6.42 Å². The summed E-state index contributed by atoms with van der Waals surface area (Å²) in [4.78, 5) is 4.58. The highest BCUT2D eigenvalue weighted by molar-refractivity contribution is 6.30. The van der Waals surface area contributed by atoms with E-state index in [1.165, 1.54) is 5.56 Å². The Balaban J connectivity index is 2.02. The SMILES string of the molecule is COc1ccc(C[C@H](C)N=Cc2ccc(Cl)cc2)cc1OC. The normalized spacial score (nSPS) is 12.4. The van der Waals surface area contributed by atoms with E-state index in [-0.39, 0.29) is 6.04 Å². The molecule has 2 aromatic rings. The Hall–Kier alpha value is -2.00. The van der Waals surface area contributed by atoms with E-state index in [1.807, 2.05) is 48.7 Å². The molecular weight excluding hydrogens is 298 g/mol. The Labute approximate surface area is 136 Å². The minimum Gasteiger partial charge on any atom is -0.493 e. The first-order valence-electron chi connectivity index (χ1n) is 7.12. The topological polar surface area (TPSA) is 30.8 Å². The number of aliphatic imine (C=N–C) groups is 1. The molecule has 0 radical (unpaired) electrons. The summed E-state index contributed by atoms with van der Waals surface area (Å²) >= 11 is 5.87. The molecule has 2 aromatic carbocycles. The van der Waals surface area contributed by atoms with Crippen LogP contribution in [0.2, 0.25) is 5.02 Å². The highest BCUT2D eigenvalue weighted by Gasteiger charge is 2.07. The highest BCUT2D eigenvalue weighted by atomic mass is 35.5. The first kappa shape index (κ1) is 16.4. The van der Waals surface area contributed by atoms with Crippen LogP contribution < -0.4 is 9.47 Å². The van der Waals surface area contributed by atoms with Gasteiger partial charge in [-0.25, -0.2) is 0 Å². The van der Waals surface area contributed by atoms with Crippen molar-refractivity contribution in [3.8, 4) is 11.5 Å². The first-order valence-corrected chi connectivity index (χ1v) is 7.50. The molecule has 0 N–H and O–H groups in total. The lowest BCUT2D eigenvalue weighted by Crippen LogP contribution is -2.04. The summed E-state index contributed by atoms with van der Waals surface area (Å²) in [6.07, 6.45) is 2.71. The van der Waals surface area contributed by atoms with Crippen LogP contribution in [0.15, 0.2) is 47.5 Å². The first-order chi connectivity index (χ1) is 10.6. The van der Waals surface area contributed by atoms with Gasteiger partial charge in [0.25, 0.3) is 0 Å². The van der Waals surface area contributed by atoms with Gasteiger partial charge in [0.05, 0.1) is 20.3 Å². The summed E-state index contributed by atoms with van der Waals surface area (Å²) in [5.74, 6) is 1.48. The Kier molecular flexibility index (Phi) is 5.84. The maximum Gasteiger partial charge on any atom is 0.160 e. The molecule has 0 heterocycles. The van der Waals surface area contributed by atoms with E-state index in [9.17, 15) is 0 Å². The van der Waals surface area contributed by atoms with Crippen molar-refractivity contribution in [2.45, 2.75) is 19.4 Å². The van der Waals surface area contributed by atoms with Crippen molar-refractivity contribution in [3.05, 3.63) is 58.6 Å². The summed E-state index contributed by atoms with van der Waals surface area (Å²) in [6, 6.07) is 13.8. The van der Waals surface area contributed by atoms with Crippen LogP contribution in [0.1, 0.15) is 18.1 Å². The van der Waals surface area contributed by atoms with E-state index >= 15 is 0 Å². The Bertz CT molecular complexity index is 638. The third kappa shape index (κ3) is 4.50. The van der Waals surface area contributed by atoms with Gasteiger partial charge >= 0.3 is 0 Å². The van der Waals surface area contributed by atoms with Gasteiger partial charge in [-0.1, -0.05) is 29.8 Å². The summed E-state index contributed by atoms with van der Waals surface area (Å²) < 4.78 is 10.6. The van der Waals surface area contributed by atoms with Crippen LogP contribution in [0.25, 0.3) is 0 Å². The lowest BCUT2D eigenvalue weighted by molar-refractivity contribution is 0.354. The summed E-state index contributed by atoms with van der Waals surface area (Å²) in [5, 5.41) is 0.732. The second-order valence-corrected chi connectivity index (χ2v) is 5.51. The zero-order valence-electron chi connectivity index (χ0n) is 13.0. The molecule has 1 atom stereocenters. The molecule has 0 saturated carbocycles. The average molecular weight is 318 g/mol. The largest absolute Gasteiger partial charge is 0.493 e. The van der Waals surface area contributed by atoms with Gasteiger partial charge in [0.15, 0.2) is 11.5 Å². The second-order valence-electron chi connectivity index (χ2n) is 5.07. The van der Waals surface area contributed by atoms with E-state index in [0.717, 1.165) is 28.5 Å². The predicted octanol–water partition coefficient (Wildman–Crippen LogP) is 4.41. The van der Waals surface area contributed by atoms with Crippen molar-refractivity contribution in [3.63, 3.8) is 0 Å². The summed E-state index contributed by atoms with van der Waals surface area (Å²) in [7, 11) is 3.28. The van der Waals surface area contributed by atoms with Crippen molar-refractivity contribution >= 4 is 17.8 Å². The molecule has 0 amide bonds. The van der Waals surface area contributed by atoms with Crippen molar-refractivity contribution in [1.29, 1.82) is 0 Å². The average Bonchev–Trinajstić information content (AvgIpc) is 2.54. The standard InChI is InChI=1S/C18H20ClNO2/c1-13(20-12-14-4-7-16(19)8-5-14)10-15-6-9-17(21-2)18(11-15)22-3/h4-9,11-13H,10H2,1-3H3/t13-/m0/s1. The van der Waals surface area contributed by atoms with Crippen molar-refractivity contribution < 1.29 is 9.47 Å². The zero-order chi connectivity index (χ0) is 15.9. The van der Waals surface area contributed by atoms with Crippen LogP contribution in [-0.4, -0.2) is 26.5 Å². The number of hydrogen-bond donors (Lipinski definition) is 0. The molecule has 22 heavy (non-hydrogen) atoms. The molecular formula is C18H20ClNO2. The summed E-state index contributed by atoms with van der Waals surface area (Å²) in [5.41, 5.74) is 2.21. The molecule has 0 aliphatic carbocycles. The number of methoxy groups -OCH3 is 2. The van der Waals surface area contributed by atoms with Gasteiger partial charge in [-0.15, -0.1) is 0 Å². The Morgan fingerprint density at radius 2 is 1.73 bits per heavy atom. The highest BCUT2D eigenvalue weighted by Crippen LogP contribution is 2.28. The van der Waals surface area contributed by atoms with E-state index in [0.29, 0.717) is 0 Å². The molecule has 2 rings (SSSR count). The molecule has 0 saturated heterocycles. The monoisotopic (exact) mass is 317 g/mol. The lowest BCUT2D eigenvalue weighted by Gasteiger charge is -2.11. The fourth-order valence-electron chi connectivity index (χ4n) is 2.16. The molecule has 116 valence electrons.